The third-order valence-corrected chi connectivity index (χ3v) is 4.50. The molecule has 0 aliphatic heterocycles. The highest BCUT2D eigenvalue weighted by molar-refractivity contribution is 5.38. The van der Waals surface area contributed by atoms with Gasteiger partial charge in [-0.15, -0.1) is 0 Å². The van der Waals surface area contributed by atoms with Crippen LogP contribution in [0.1, 0.15) is 49.8 Å². The number of hydrogen-bond donors (Lipinski definition) is 2. The lowest BCUT2D eigenvalue weighted by molar-refractivity contribution is 0.232. The predicted molar refractivity (Wildman–Crippen MR) is 78.9 cm³/mol. The van der Waals surface area contributed by atoms with Gasteiger partial charge in [-0.1, -0.05) is 31.9 Å². The molecule has 1 atom stereocenters. The van der Waals surface area contributed by atoms with Gasteiger partial charge in [0, 0.05) is 6.04 Å². The van der Waals surface area contributed by atoms with Crippen LogP contribution in [0.3, 0.4) is 0 Å². The van der Waals surface area contributed by atoms with Crippen LogP contribution in [-0.2, 0) is 0 Å². The molecule has 1 unspecified atom stereocenters. The van der Waals surface area contributed by atoms with E-state index >= 15 is 0 Å². The summed E-state index contributed by atoms with van der Waals surface area (Å²) in [6, 6.07) is 6.64. The SMILES string of the molecule is COc1cc(C(NN)C2CCC(C)CC2)ccc1C. The fourth-order valence-corrected chi connectivity index (χ4v) is 3.15. The number of methoxy groups -OCH3 is 1. The maximum atomic E-state index is 5.81. The quantitative estimate of drug-likeness (QED) is 0.646. The van der Waals surface area contributed by atoms with E-state index in [0.717, 1.165) is 11.7 Å². The van der Waals surface area contributed by atoms with Gasteiger partial charge in [-0.05, 0) is 48.8 Å². The van der Waals surface area contributed by atoms with Crippen molar-refractivity contribution in [2.45, 2.75) is 45.6 Å². The summed E-state index contributed by atoms with van der Waals surface area (Å²) in [7, 11) is 1.72. The summed E-state index contributed by atoms with van der Waals surface area (Å²) >= 11 is 0. The van der Waals surface area contributed by atoms with Gasteiger partial charge in [0.1, 0.15) is 5.75 Å². The van der Waals surface area contributed by atoms with E-state index in [1.165, 1.54) is 36.8 Å². The molecule has 0 amide bonds. The van der Waals surface area contributed by atoms with Crippen LogP contribution in [0, 0.1) is 18.8 Å². The van der Waals surface area contributed by atoms with Gasteiger partial charge in [-0.2, -0.15) is 0 Å². The smallest absolute Gasteiger partial charge is 0.122 e. The molecule has 0 spiro atoms. The number of benzene rings is 1. The van der Waals surface area contributed by atoms with Crippen molar-refractivity contribution in [3.05, 3.63) is 29.3 Å². The van der Waals surface area contributed by atoms with Crippen molar-refractivity contribution < 1.29 is 4.74 Å². The second-order valence-corrected chi connectivity index (χ2v) is 5.89. The van der Waals surface area contributed by atoms with Crippen molar-refractivity contribution >= 4 is 0 Å². The van der Waals surface area contributed by atoms with E-state index in [2.05, 4.69) is 37.5 Å². The summed E-state index contributed by atoms with van der Waals surface area (Å²) < 4.78 is 5.42. The van der Waals surface area contributed by atoms with Crippen molar-refractivity contribution in [3.63, 3.8) is 0 Å². The van der Waals surface area contributed by atoms with Crippen LogP contribution < -0.4 is 16.0 Å². The minimum Gasteiger partial charge on any atom is -0.496 e. The number of rotatable bonds is 4. The molecule has 19 heavy (non-hydrogen) atoms. The van der Waals surface area contributed by atoms with Gasteiger partial charge in [-0.25, -0.2) is 0 Å². The molecule has 1 aliphatic carbocycles. The Labute approximate surface area is 116 Å². The Morgan fingerprint density at radius 1 is 1.26 bits per heavy atom. The Bertz CT molecular complexity index is 411. The van der Waals surface area contributed by atoms with E-state index in [0.29, 0.717) is 5.92 Å². The average Bonchev–Trinajstić information content (AvgIpc) is 2.43. The number of nitrogens with one attached hydrogen (secondary N) is 1. The molecule has 1 aromatic carbocycles. The van der Waals surface area contributed by atoms with Gasteiger partial charge in [-0.3, -0.25) is 11.3 Å². The molecule has 1 aromatic rings. The number of hydrogen-bond acceptors (Lipinski definition) is 3. The molecule has 0 radical (unpaired) electrons. The summed E-state index contributed by atoms with van der Waals surface area (Å²) in [5.41, 5.74) is 5.42. The van der Waals surface area contributed by atoms with Gasteiger partial charge < -0.3 is 4.74 Å². The topological polar surface area (TPSA) is 47.3 Å². The summed E-state index contributed by atoms with van der Waals surface area (Å²) in [5, 5.41) is 0. The number of nitrogens with two attached hydrogens (primary N) is 1. The standard InChI is InChI=1S/C16H26N2O/c1-11-4-7-13(8-5-11)16(18-17)14-9-6-12(2)15(10-14)19-3/h6,9-11,13,16,18H,4-5,7-8,17H2,1-3H3. The Balaban J connectivity index is 2.17. The number of aryl methyl sites for hydroxylation is 1. The average molecular weight is 262 g/mol. The largest absolute Gasteiger partial charge is 0.496 e. The highest BCUT2D eigenvalue weighted by atomic mass is 16.5. The van der Waals surface area contributed by atoms with Gasteiger partial charge in [0.05, 0.1) is 7.11 Å². The molecule has 1 fully saturated rings. The van der Waals surface area contributed by atoms with Gasteiger partial charge in [0.15, 0.2) is 0 Å². The van der Waals surface area contributed by atoms with E-state index in [-0.39, 0.29) is 6.04 Å². The van der Waals surface area contributed by atoms with E-state index < -0.39 is 0 Å². The fourth-order valence-electron chi connectivity index (χ4n) is 3.15. The summed E-state index contributed by atoms with van der Waals surface area (Å²) in [6.45, 7) is 4.41. The Hall–Kier alpha value is -1.06. The summed E-state index contributed by atoms with van der Waals surface area (Å²) in [6.07, 6.45) is 5.14. The predicted octanol–water partition coefficient (Wildman–Crippen LogP) is 3.33. The lowest BCUT2D eigenvalue weighted by Crippen LogP contribution is -2.35. The first-order valence-corrected chi connectivity index (χ1v) is 7.26. The van der Waals surface area contributed by atoms with Crippen molar-refractivity contribution in [2.24, 2.45) is 17.7 Å². The van der Waals surface area contributed by atoms with Crippen LogP contribution in [0.5, 0.6) is 5.75 Å². The van der Waals surface area contributed by atoms with Crippen molar-refractivity contribution in [3.8, 4) is 5.75 Å². The van der Waals surface area contributed by atoms with Gasteiger partial charge in [0.2, 0.25) is 0 Å². The maximum absolute atomic E-state index is 5.81. The molecule has 2 rings (SSSR count). The molecular weight excluding hydrogens is 236 g/mol. The summed E-state index contributed by atoms with van der Waals surface area (Å²) in [4.78, 5) is 0. The van der Waals surface area contributed by atoms with Crippen molar-refractivity contribution in [2.75, 3.05) is 7.11 Å². The van der Waals surface area contributed by atoms with Gasteiger partial charge >= 0.3 is 0 Å². The molecule has 106 valence electrons. The van der Waals surface area contributed by atoms with Crippen LogP contribution in [-0.4, -0.2) is 7.11 Å². The zero-order valence-corrected chi connectivity index (χ0v) is 12.3. The van der Waals surface area contributed by atoms with Gasteiger partial charge in [0.25, 0.3) is 0 Å². The Kier molecular flexibility index (Phi) is 4.83. The van der Waals surface area contributed by atoms with E-state index in [9.17, 15) is 0 Å². The van der Waals surface area contributed by atoms with Crippen LogP contribution in [0.4, 0.5) is 0 Å². The Morgan fingerprint density at radius 2 is 1.95 bits per heavy atom. The second-order valence-electron chi connectivity index (χ2n) is 5.89. The molecule has 0 bridgehead atoms. The second kappa shape index (κ2) is 6.40. The lowest BCUT2D eigenvalue weighted by Gasteiger charge is -2.32. The van der Waals surface area contributed by atoms with Crippen LogP contribution >= 0.6 is 0 Å². The monoisotopic (exact) mass is 262 g/mol. The molecule has 3 nitrogen and oxygen atoms in total. The molecule has 3 heteroatoms. The minimum absolute atomic E-state index is 0.238. The molecule has 0 saturated heterocycles. The van der Waals surface area contributed by atoms with Crippen LogP contribution in [0.2, 0.25) is 0 Å². The molecular formula is C16H26N2O. The lowest BCUT2D eigenvalue weighted by atomic mass is 9.77. The number of ether oxygens (including phenoxy) is 1. The highest BCUT2D eigenvalue weighted by Crippen LogP contribution is 2.37. The first-order chi connectivity index (χ1) is 9.15. The zero-order chi connectivity index (χ0) is 13.8. The van der Waals surface area contributed by atoms with Crippen molar-refractivity contribution in [1.29, 1.82) is 0 Å². The first kappa shape index (κ1) is 14.4. The molecule has 1 aliphatic rings. The Morgan fingerprint density at radius 3 is 2.53 bits per heavy atom. The molecule has 0 aromatic heterocycles. The van der Waals surface area contributed by atoms with E-state index in [4.69, 9.17) is 10.6 Å². The third-order valence-electron chi connectivity index (χ3n) is 4.50. The molecule has 0 heterocycles. The van der Waals surface area contributed by atoms with Crippen molar-refractivity contribution in [1.82, 2.24) is 5.43 Å². The highest BCUT2D eigenvalue weighted by Gasteiger charge is 2.26. The molecule has 3 N–H and O–H groups in total. The normalized spacial score (nSPS) is 25.1. The summed E-state index contributed by atoms with van der Waals surface area (Å²) in [5.74, 6) is 8.25. The zero-order valence-electron chi connectivity index (χ0n) is 12.3. The first-order valence-electron chi connectivity index (χ1n) is 7.26. The number of hydrazine groups is 1. The third kappa shape index (κ3) is 3.28. The van der Waals surface area contributed by atoms with Crippen LogP contribution in [0.25, 0.3) is 0 Å². The fraction of sp³-hybridized carbons (Fsp3) is 0.625. The maximum Gasteiger partial charge on any atom is 0.122 e. The minimum atomic E-state index is 0.238. The molecule has 1 saturated carbocycles. The van der Waals surface area contributed by atoms with Crippen LogP contribution in [0.15, 0.2) is 18.2 Å². The van der Waals surface area contributed by atoms with E-state index in [1.54, 1.807) is 7.11 Å². The van der Waals surface area contributed by atoms with E-state index in [1.807, 2.05) is 0 Å².